The first-order valence-corrected chi connectivity index (χ1v) is 9.85. The highest BCUT2D eigenvalue weighted by molar-refractivity contribution is 6.06. The molecule has 7 heteroatoms. The Kier molecular flexibility index (Phi) is 5.75. The van der Waals surface area contributed by atoms with Gasteiger partial charge < -0.3 is 11.1 Å². The van der Waals surface area contributed by atoms with E-state index in [1.54, 1.807) is 22.9 Å². The van der Waals surface area contributed by atoms with E-state index in [9.17, 15) is 14.0 Å². The van der Waals surface area contributed by atoms with Crippen molar-refractivity contribution in [1.29, 1.82) is 0 Å². The molecule has 0 saturated carbocycles. The van der Waals surface area contributed by atoms with Crippen LogP contribution in [0.4, 0.5) is 4.39 Å². The van der Waals surface area contributed by atoms with E-state index in [2.05, 4.69) is 10.4 Å². The molecule has 6 nitrogen and oxygen atoms in total. The molecule has 156 valence electrons. The molecular formula is C24H21FN4O2. The summed E-state index contributed by atoms with van der Waals surface area (Å²) >= 11 is 0. The zero-order valence-corrected chi connectivity index (χ0v) is 16.7. The molecule has 0 aliphatic heterocycles. The summed E-state index contributed by atoms with van der Waals surface area (Å²) in [6.45, 7) is 0.300. The van der Waals surface area contributed by atoms with Crippen LogP contribution in [0.1, 0.15) is 21.6 Å². The number of amides is 2. The zero-order chi connectivity index (χ0) is 21.8. The summed E-state index contributed by atoms with van der Waals surface area (Å²) in [6.07, 6.45) is 0.282. The van der Waals surface area contributed by atoms with Gasteiger partial charge in [-0.05, 0) is 29.3 Å². The predicted molar refractivity (Wildman–Crippen MR) is 116 cm³/mol. The van der Waals surface area contributed by atoms with Gasteiger partial charge in [-0.2, -0.15) is 5.10 Å². The quantitative estimate of drug-likeness (QED) is 0.485. The molecule has 3 aromatic carbocycles. The van der Waals surface area contributed by atoms with Crippen molar-refractivity contribution in [2.75, 3.05) is 0 Å². The fraction of sp³-hybridized carbons (Fsp3) is 0.125. The van der Waals surface area contributed by atoms with Gasteiger partial charge in [0.1, 0.15) is 11.9 Å². The number of primary amides is 1. The normalized spacial score (nSPS) is 11.9. The number of nitrogens with two attached hydrogens (primary N) is 1. The van der Waals surface area contributed by atoms with Crippen molar-refractivity contribution in [3.63, 3.8) is 0 Å². The van der Waals surface area contributed by atoms with Crippen LogP contribution in [0, 0.1) is 5.82 Å². The minimum atomic E-state index is -0.873. The standard InChI is InChI=1S/C24H21FN4O2/c25-18-10-6-9-17(13-18)15-29-21-12-5-4-11-19(21)22(28-29)24(31)27-20(23(26)30)14-16-7-2-1-3-8-16/h1-13,20H,14-15H2,(H2,26,30)(H,27,31). The summed E-state index contributed by atoms with van der Waals surface area (Å²) in [5, 5.41) is 7.81. The van der Waals surface area contributed by atoms with E-state index in [-0.39, 0.29) is 17.9 Å². The Morgan fingerprint density at radius 3 is 2.42 bits per heavy atom. The van der Waals surface area contributed by atoms with Crippen LogP contribution in [-0.4, -0.2) is 27.6 Å². The molecule has 0 aliphatic carbocycles. The molecule has 1 heterocycles. The number of halogens is 1. The first-order valence-electron chi connectivity index (χ1n) is 9.85. The molecule has 4 aromatic rings. The number of para-hydroxylation sites is 1. The highest BCUT2D eigenvalue weighted by atomic mass is 19.1. The predicted octanol–water partition coefficient (Wildman–Crippen LogP) is 3.05. The van der Waals surface area contributed by atoms with E-state index in [1.165, 1.54) is 12.1 Å². The van der Waals surface area contributed by atoms with Crippen LogP contribution < -0.4 is 11.1 Å². The Bertz CT molecular complexity index is 1240. The Labute approximate surface area is 178 Å². The van der Waals surface area contributed by atoms with Crippen LogP contribution in [0.25, 0.3) is 10.9 Å². The number of fused-ring (bicyclic) bond motifs is 1. The highest BCUT2D eigenvalue weighted by Crippen LogP contribution is 2.20. The fourth-order valence-corrected chi connectivity index (χ4v) is 3.52. The van der Waals surface area contributed by atoms with Crippen molar-refractivity contribution in [2.45, 2.75) is 19.0 Å². The number of hydrogen-bond donors (Lipinski definition) is 2. The van der Waals surface area contributed by atoms with Crippen LogP contribution >= 0.6 is 0 Å². The molecule has 0 bridgehead atoms. The smallest absolute Gasteiger partial charge is 0.273 e. The second kappa shape index (κ2) is 8.79. The lowest BCUT2D eigenvalue weighted by atomic mass is 10.1. The minimum absolute atomic E-state index is 0.186. The molecule has 31 heavy (non-hydrogen) atoms. The summed E-state index contributed by atoms with van der Waals surface area (Å²) in [5.41, 5.74) is 8.05. The second-order valence-corrected chi connectivity index (χ2v) is 7.27. The molecule has 0 radical (unpaired) electrons. The van der Waals surface area contributed by atoms with Gasteiger partial charge in [0.05, 0.1) is 12.1 Å². The molecule has 1 unspecified atom stereocenters. The van der Waals surface area contributed by atoms with E-state index in [1.807, 2.05) is 48.5 Å². The van der Waals surface area contributed by atoms with E-state index in [0.29, 0.717) is 11.9 Å². The Morgan fingerprint density at radius 2 is 1.68 bits per heavy atom. The summed E-state index contributed by atoms with van der Waals surface area (Å²) in [7, 11) is 0. The van der Waals surface area contributed by atoms with Gasteiger partial charge in [-0.3, -0.25) is 14.3 Å². The van der Waals surface area contributed by atoms with E-state index < -0.39 is 17.9 Å². The number of nitrogens with one attached hydrogen (secondary N) is 1. The fourth-order valence-electron chi connectivity index (χ4n) is 3.52. The van der Waals surface area contributed by atoms with Crippen molar-refractivity contribution < 1.29 is 14.0 Å². The first kappa shape index (κ1) is 20.3. The SMILES string of the molecule is NC(=O)C(Cc1ccccc1)NC(=O)c1nn(Cc2cccc(F)c2)c2ccccc12. The van der Waals surface area contributed by atoms with Gasteiger partial charge in [0, 0.05) is 11.8 Å². The first-order chi connectivity index (χ1) is 15.0. The highest BCUT2D eigenvalue weighted by Gasteiger charge is 2.23. The third-order valence-corrected chi connectivity index (χ3v) is 5.03. The minimum Gasteiger partial charge on any atom is -0.368 e. The lowest BCUT2D eigenvalue weighted by molar-refractivity contribution is -0.119. The molecule has 0 spiro atoms. The molecule has 4 rings (SSSR count). The summed E-state index contributed by atoms with van der Waals surface area (Å²) in [4.78, 5) is 25.0. The third kappa shape index (κ3) is 4.61. The van der Waals surface area contributed by atoms with E-state index >= 15 is 0 Å². The number of rotatable bonds is 7. The van der Waals surface area contributed by atoms with E-state index in [4.69, 9.17) is 5.73 Å². The molecule has 0 aliphatic rings. The molecule has 1 atom stereocenters. The molecule has 2 amide bonds. The van der Waals surface area contributed by atoms with Crippen molar-refractivity contribution >= 4 is 22.7 Å². The monoisotopic (exact) mass is 416 g/mol. The lowest BCUT2D eigenvalue weighted by Crippen LogP contribution is -2.46. The maximum Gasteiger partial charge on any atom is 0.273 e. The summed E-state index contributed by atoms with van der Waals surface area (Å²) < 4.78 is 15.2. The Hall–Kier alpha value is -4.00. The van der Waals surface area contributed by atoms with Crippen molar-refractivity contribution in [3.8, 4) is 0 Å². The third-order valence-electron chi connectivity index (χ3n) is 5.03. The van der Waals surface area contributed by atoms with Crippen LogP contribution in [0.5, 0.6) is 0 Å². The largest absolute Gasteiger partial charge is 0.368 e. The molecular weight excluding hydrogens is 395 g/mol. The van der Waals surface area contributed by atoms with Gasteiger partial charge in [-0.25, -0.2) is 4.39 Å². The van der Waals surface area contributed by atoms with Crippen molar-refractivity contribution in [1.82, 2.24) is 15.1 Å². The van der Waals surface area contributed by atoms with Gasteiger partial charge in [-0.1, -0.05) is 60.7 Å². The number of hydrogen-bond acceptors (Lipinski definition) is 3. The van der Waals surface area contributed by atoms with Crippen LogP contribution in [0.3, 0.4) is 0 Å². The maximum atomic E-state index is 13.6. The molecule has 1 aromatic heterocycles. The zero-order valence-electron chi connectivity index (χ0n) is 16.7. The number of nitrogens with zero attached hydrogens (tertiary/aromatic N) is 2. The van der Waals surface area contributed by atoms with Crippen molar-refractivity contribution in [3.05, 3.63) is 102 Å². The van der Waals surface area contributed by atoms with Gasteiger partial charge in [0.15, 0.2) is 5.69 Å². The van der Waals surface area contributed by atoms with Crippen LogP contribution in [0.15, 0.2) is 78.9 Å². The summed E-state index contributed by atoms with van der Waals surface area (Å²) in [6, 6.07) is 22.0. The average Bonchev–Trinajstić information content (AvgIpc) is 3.12. The molecule has 3 N–H and O–H groups in total. The van der Waals surface area contributed by atoms with Gasteiger partial charge in [-0.15, -0.1) is 0 Å². The van der Waals surface area contributed by atoms with Gasteiger partial charge in [0.25, 0.3) is 5.91 Å². The topological polar surface area (TPSA) is 90.0 Å². The maximum absolute atomic E-state index is 13.6. The van der Waals surface area contributed by atoms with Crippen LogP contribution in [-0.2, 0) is 17.8 Å². The van der Waals surface area contributed by atoms with Crippen LogP contribution in [0.2, 0.25) is 0 Å². The second-order valence-electron chi connectivity index (χ2n) is 7.27. The van der Waals surface area contributed by atoms with Gasteiger partial charge in [0.2, 0.25) is 5.91 Å². The number of carbonyl (C=O) groups excluding carboxylic acids is 2. The number of aromatic nitrogens is 2. The number of benzene rings is 3. The summed E-state index contributed by atoms with van der Waals surface area (Å²) in [5.74, 6) is -1.45. The Balaban J connectivity index is 1.62. The van der Waals surface area contributed by atoms with Gasteiger partial charge >= 0.3 is 0 Å². The Morgan fingerprint density at radius 1 is 0.968 bits per heavy atom. The lowest BCUT2D eigenvalue weighted by Gasteiger charge is -2.15. The van der Waals surface area contributed by atoms with E-state index in [0.717, 1.165) is 16.6 Å². The van der Waals surface area contributed by atoms with Crippen molar-refractivity contribution in [2.24, 2.45) is 5.73 Å². The molecule has 0 saturated heterocycles. The number of carbonyl (C=O) groups is 2. The average molecular weight is 416 g/mol. The molecule has 0 fully saturated rings.